The predicted molar refractivity (Wildman–Crippen MR) is 117 cm³/mol. The van der Waals surface area contributed by atoms with E-state index in [-0.39, 0.29) is 10.6 Å². The first-order valence-corrected chi connectivity index (χ1v) is 10.8. The predicted octanol–water partition coefficient (Wildman–Crippen LogP) is 3.69. The lowest BCUT2D eigenvalue weighted by molar-refractivity contribution is 0.598. The Bertz CT molecular complexity index is 1390. The Hall–Kier alpha value is -3.66. The van der Waals surface area contributed by atoms with Crippen molar-refractivity contribution in [3.63, 3.8) is 0 Å². The number of anilines is 2. The molecule has 0 radical (unpaired) electrons. The van der Waals surface area contributed by atoms with Crippen molar-refractivity contribution in [2.24, 2.45) is 0 Å². The van der Waals surface area contributed by atoms with Gasteiger partial charge in [-0.2, -0.15) is 4.98 Å². The third kappa shape index (κ3) is 4.02. The third-order valence-electron chi connectivity index (χ3n) is 4.78. The fourth-order valence-corrected chi connectivity index (χ4v) is 4.22. The zero-order valence-corrected chi connectivity index (χ0v) is 17.8. The van der Waals surface area contributed by atoms with Crippen LogP contribution in [0.2, 0.25) is 0 Å². The Morgan fingerprint density at radius 3 is 2.55 bits per heavy atom. The minimum Gasteiger partial charge on any atom is -0.357 e. The second kappa shape index (κ2) is 7.88. The highest BCUT2D eigenvalue weighted by molar-refractivity contribution is 7.92. The van der Waals surface area contributed by atoms with Crippen LogP contribution in [0.15, 0.2) is 53.8 Å². The highest BCUT2D eigenvalue weighted by Crippen LogP contribution is 2.33. The van der Waals surface area contributed by atoms with Gasteiger partial charge < -0.3 is 5.32 Å². The average molecular weight is 438 g/mol. The molecule has 8 nitrogen and oxygen atoms in total. The molecule has 0 aliphatic carbocycles. The smallest absolute Gasteiger partial charge is 0.263 e. The molecule has 0 spiro atoms. The van der Waals surface area contributed by atoms with Crippen LogP contribution in [-0.2, 0) is 10.0 Å². The minimum absolute atomic E-state index is 0.0578. The molecule has 0 atom stereocenters. The monoisotopic (exact) mass is 438 g/mol. The second-order valence-corrected chi connectivity index (χ2v) is 8.60. The lowest BCUT2D eigenvalue weighted by Crippen LogP contribution is -2.14. The van der Waals surface area contributed by atoms with Crippen molar-refractivity contribution in [3.8, 4) is 11.1 Å². The van der Waals surface area contributed by atoms with Gasteiger partial charge in [0.15, 0.2) is 5.65 Å². The second-order valence-electron chi connectivity index (χ2n) is 6.92. The number of aromatic nitrogens is 4. The molecule has 2 N–H and O–H groups in total. The summed E-state index contributed by atoms with van der Waals surface area (Å²) in [6, 6.07) is 7.50. The van der Waals surface area contributed by atoms with Crippen molar-refractivity contribution in [1.82, 2.24) is 19.9 Å². The minimum atomic E-state index is -4.00. The van der Waals surface area contributed by atoms with E-state index in [0.717, 1.165) is 5.56 Å². The number of aryl methyl sites for hydroxylation is 2. The standard InChI is InChI=1S/C21H19FN6O2S/c1-12-7-18(22)19(28-31(29,30)15-5-4-6-24-11-15)9-16(12)17-8-14-10-25-21(23-3)27-20(14)26-13(17)2/h4-11,28H,1-3H3,(H,23,25,26,27). The first-order chi connectivity index (χ1) is 14.8. The van der Waals surface area contributed by atoms with Gasteiger partial charge in [-0.15, -0.1) is 0 Å². The molecule has 0 saturated heterocycles. The summed E-state index contributed by atoms with van der Waals surface area (Å²) in [5.74, 6) is -0.223. The van der Waals surface area contributed by atoms with Gasteiger partial charge in [0.2, 0.25) is 5.95 Å². The Balaban J connectivity index is 1.81. The largest absolute Gasteiger partial charge is 0.357 e. The molecule has 0 bridgehead atoms. The van der Waals surface area contributed by atoms with Gasteiger partial charge in [0, 0.05) is 42.3 Å². The summed E-state index contributed by atoms with van der Waals surface area (Å²) < 4.78 is 42.2. The van der Waals surface area contributed by atoms with E-state index in [0.29, 0.717) is 33.8 Å². The van der Waals surface area contributed by atoms with Crippen LogP contribution in [-0.4, -0.2) is 35.4 Å². The van der Waals surface area contributed by atoms with E-state index in [1.54, 1.807) is 20.2 Å². The summed E-state index contributed by atoms with van der Waals surface area (Å²) >= 11 is 0. The lowest BCUT2D eigenvalue weighted by atomic mass is 9.98. The molecule has 0 saturated carbocycles. The molecule has 0 unspecified atom stereocenters. The molecule has 4 rings (SSSR count). The molecule has 3 heterocycles. The van der Waals surface area contributed by atoms with Crippen LogP contribution in [0.3, 0.4) is 0 Å². The van der Waals surface area contributed by atoms with E-state index in [2.05, 4.69) is 30.0 Å². The maximum Gasteiger partial charge on any atom is 0.263 e. The molecule has 1 aromatic carbocycles. The zero-order valence-electron chi connectivity index (χ0n) is 17.0. The summed E-state index contributed by atoms with van der Waals surface area (Å²) in [4.78, 5) is 16.8. The average Bonchev–Trinajstić information content (AvgIpc) is 2.75. The number of halogens is 1. The number of hydrogen-bond acceptors (Lipinski definition) is 7. The number of benzene rings is 1. The molecule has 0 amide bonds. The summed E-state index contributed by atoms with van der Waals surface area (Å²) in [6.45, 7) is 3.57. The fourth-order valence-electron chi connectivity index (χ4n) is 3.20. The van der Waals surface area contributed by atoms with Gasteiger partial charge in [-0.3, -0.25) is 9.71 Å². The van der Waals surface area contributed by atoms with Crippen LogP contribution in [0.1, 0.15) is 11.3 Å². The maximum absolute atomic E-state index is 14.6. The van der Waals surface area contributed by atoms with Crippen molar-refractivity contribution in [3.05, 3.63) is 66.0 Å². The van der Waals surface area contributed by atoms with Gasteiger partial charge in [-0.05, 0) is 55.3 Å². The Morgan fingerprint density at radius 1 is 1.03 bits per heavy atom. The maximum atomic E-state index is 14.6. The first kappa shape index (κ1) is 20.6. The van der Waals surface area contributed by atoms with Crippen LogP contribution in [0.4, 0.5) is 16.0 Å². The van der Waals surface area contributed by atoms with E-state index in [1.807, 2.05) is 13.0 Å². The van der Waals surface area contributed by atoms with Crippen LogP contribution in [0, 0.1) is 19.7 Å². The van der Waals surface area contributed by atoms with E-state index < -0.39 is 15.8 Å². The highest BCUT2D eigenvalue weighted by Gasteiger charge is 2.19. The Kier molecular flexibility index (Phi) is 5.24. The molecule has 31 heavy (non-hydrogen) atoms. The fraction of sp³-hybridized carbons (Fsp3) is 0.143. The number of nitrogens with zero attached hydrogens (tertiary/aromatic N) is 4. The van der Waals surface area contributed by atoms with Gasteiger partial charge in [-0.25, -0.2) is 22.8 Å². The topological polar surface area (TPSA) is 110 Å². The molecule has 0 fully saturated rings. The normalized spacial score (nSPS) is 11.5. The Morgan fingerprint density at radius 2 is 1.84 bits per heavy atom. The molecule has 4 aromatic rings. The van der Waals surface area contributed by atoms with Crippen molar-refractivity contribution in [1.29, 1.82) is 0 Å². The van der Waals surface area contributed by atoms with Gasteiger partial charge in [0.1, 0.15) is 10.7 Å². The highest BCUT2D eigenvalue weighted by atomic mass is 32.2. The molecule has 10 heteroatoms. The van der Waals surface area contributed by atoms with Crippen LogP contribution >= 0.6 is 0 Å². The van der Waals surface area contributed by atoms with Crippen molar-refractivity contribution in [2.45, 2.75) is 18.7 Å². The SMILES string of the molecule is CNc1ncc2cc(-c3cc(NS(=O)(=O)c4cccnc4)c(F)cc3C)c(C)nc2n1. The molecule has 0 aliphatic rings. The zero-order chi connectivity index (χ0) is 22.2. The van der Waals surface area contributed by atoms with Gasteiger partial charge in [0.25, 0.3) is 10.0 Å². The summed E-state index contributed by atoms with van der Waals surface area (Å²) in [7, 11) is -2.27. The van der Waals surface area contributed by atoms with Crippen molar-refractivity contribution >= 4 is 32.7 Å². The van der Waals surface area contributed by atoms with Gasteiger partial charge >= 0.3 is 0 Å². The van der Waals surface area contributed by atoms with Crippen molar-refractivity contribution < 1.29 is 12.8 Å². The van der Waals surface area contributed by atoms with E-state index in [4.69, 9.17) is 0 Å². The number of hydrogen-bond donors (Lipinski definition) is 2. The van der Waals surface area contributed by atoms with Gasteiger partial charge in [-0.1, -0.05) is 0 Å². The summed E-state index contributed by atoms with van der Waals surface area (Å²) in [5, 5.41) is 3.58. The quantitative estimate of drug-likeness (QED) is 0.489. The molecule has 3 aromatic heterocycles. The summed E-state index contributed by atoms with van der Waals surface area (Å²) in [6.07, 6.45) is 4.31. The van der Waals surface area contributed by atoms with E-state index in [1.165, 1.54) is 36.7 Å². The van der Waals surface area contributed by atoms with Crippen molar-refractivity contribution in [2.75, 3.05) is 17.1 Å². The van der Waals surface area contributed by atoms with E-state index >= 15 is 0 Å². The number of fused-ring (bicyclic) bond motifs is 1. The van der Waals surface area contributed by atoms with Gasteiger partial charge in [0.05, 0.1) is 5.69 Å². The van der Waals surface area contributed by atoms with E-state index in [9.17, 15) is 12.8 Å². The molecule has 0 aliphatic heterocycles. The molecular formula is C21H19FN6O2S. The molecular weight excluding hydrogens is 419 g/mol. The first-order valence-electron chi connectivity index (χ1n) is 9.34. The lowest BCUT2D eigenvalue weighted by Gasteiger charge is -2.15. The summed E-state index contributed by atoms with van der Waals surface area (Å²) in [5.41, 5.74) is 3.05. The van der Waals surface area contributed by atoms with Crippen LogP contribution in [0.25, 0.3) is 22.2 Å². The Labute approximate surface area is 178 Å². The third-order valence-corrected chi connectivity index (χ3v) is 6.13. The molecule has 158 valence electrons. The van der Waals surface area contributed by atoms with Crippen LogP contribution in [0.5, 0.6) is 0 Å². The number of pyridine rings is 2. The number of rotatable bonds is 5. The van der Waals surface area contributed by atoms with Crippen LogP contribution < -0.4 is 10.0 Å². The number of sulfonamides is 1. The number of nitrogens with one attached hydrogen (secondary N) is 2.